The number of benzene rings is 2. The van der Waals surface area contributed by atoms with Crippen molar-refractivity contribution in [3.8, 4) is 0 Å². The smallest absolute Gasteiger partial charge is 0.332 e. The molecule has 0 aromatic heterocycles. The molecule has 18 heavy (non-hydrogen) atoms. The van der Waals surface area contributed by atoms with Gasteiger partial charge in [-0.1, -0.05) is 48.5 Å². The van der Waals surface area contributed by atoms with Crippen LogP contribution in [0.2, 0.25) is 0 Å². The second-order valence-corrected chi connectivity index (χ2v) is 3.88. The minimum atomic E-state index is -0.487. The number of para-hydroxylation sites is 1. The van der Waals surface area contributed by atoms with Crippen molar-refractivity contribution in [3.63, 3.8) is 0 Å². The number of carbonyl (C=O) groups excluding carboxylic acids is 1. The van der Waals surface area contributed by atoms with Crippen LogP contribution in [0.3, 0.4) is 0 Å². The summed E-state index contributed by atoms with van der Waals surface area (Å²) in [4.78, 5) is 11.8. The molecule has 0 fully saturated rings. The molecule has 2 aromatic carbocycles. The van der Waals surface area contributed by atoms with Gasteiger partial charge in [0.15, 0.2) is 6.04 Å². The average molecular weight is 241 g/mol. The van der Waals surface area contributed by atoms with E-state index in [1.807, 2.05) is 60.7 Å². The second-order valence-electron chi connectivity index (χ2n) is 3.88. The molecule has 0 amide bonds. The first kappa shape index (κ1) is 12.2. The molecule has 3 nitrogen and oxygen atoms in total. The average Bonchev–Trinajstić information content (AvgIpc) is 2.46. The second kappa shape index (κ2) is 5.87. The molecule has 0 saturated carbocycles. The highest BCUT2D eigenvalue weighted by Crippen LogP contribution is 2.20. The van der Waals surface area contributed by atoms with Crippen molar-refractivity contribution in [2.24, 2.45) is 0 Å². The summed E-state index contributed by atoms with van der Waals surface area (Å²) in [7, 11) is 1.39. The fourth-order valence-electron chi connectivity index (χ4n) is 1.74. The number of hydrogen-bond donors (Lipinski definition) is 1. The third-order valence-corrected chi connectivity index (χ3v) is 2.65. The van der Waals surface area contributed by atoms with Gasteiger partial charge >= 0.3 is 5.97 Å². The van der Waals surface area contributed by atoms with Crippen LogP contribution in [0.25, 0.3) is 0 Å². The predicted molar refractivity (Wildman–Crippen MR) is 71.3 cm³/mol. The molecule has 0 aliphatic carbocycles. The minimum absolute atomic E-state index is 0.301. The van der Waals surface area contributed by atoms with Gasteiger partial charge in [0.25, 0.3) is 0 Å². The summed E-state index contributed by atoms with van der Waals surface area (Å²) in [5, 5.41) is 3.17. The lowest BCUT2D eigenvalue weighted by molar-refractivity contribution is -0.141. The van der Waals surface area contributed by atoms with E-state index < -0.39 is 6.04 Å². The van der Waals surface area contributed by atoms with Gasteiger partial charge in [-0.15, -0.1) is 0 Å². The first-order valence-electron chi connectivity index (χ1n) is 5.75. The summed E-state index contributed by atoms with van der Waals surface area (Å²) < 4.78 is 4.84. The highest BCUT2D eigenvalue weighted by molar-refractivity contribution is 5.81. The van der Waals surface area contributed by atoms with Gasteiger partial charge in [-0.3, -0.25) is 0 Å². The van der Waals surface area contributed by atoms with E-state index in [1.54, 1.807) is 0 Å². The molecule has 0 aliphatic rings. The number of hydrogen-bond acceptors (Lipinski definition) is 3. The van der Waals surface area contributed by atoms with E-state index in [0.717, 1.165) is 11.3 Å². The summed E-state index contributed by atoms with van der Waals surface area (Å²) in [6.07, 6.45) is 0. The largest absolute Gasteiger partial charge is 0.467 e. The Morgan fingerprint density at radius 2 is 1.56 bits per heavy atom. The van der Waals surface area contributed by atoms with Crippen LogP contribution >= 0.6 is 0 Å². The van der Waals surface area contributed by atoms with Crippen LogP contribution in [-0.2, 0) is 9.53 Å². The van der Waals surface area contributed by atoms with Crippen molar-refractivity contribution in [1.29, 1.82) is 0 Å². The summed E-state index contributed by atoms with van der Waals surface area (Å²) in [5.74, 6) is -0.301. The van der Waals surface area contributed by atoms with E-state index in [0.29, 0.717) is 0 Å². The maximum absolute atomic E-state index is 11.8. The Kier molecular flexibility index (Phi) is 3.97. The lowest BCUT2D eigenvalue weighted by atomic mass is 10.1. The third kappa shape index (κ3) is 2.88. The molecule has 92 valence electrons. The molecule has 2 aromatic rings. The molecule has 0 radical (unpaired) electrons. The van der Waals surface area contributed by atoms with Gasteiger partial charge < -0.3 is 10.1 Å². The Morgan fingerprint density at radius 3 is 2.11 bits per heavy atom. The molecule has 0 saturated heterocycles. The molecular formula is C15H15NO2. The first-order valence-corrected chi connectivity index (χ1v) is 5.75. The van der Waals surface area contributed by atoms with Gasteiger partial charge in [0.2, 0.25) is 0 Å². The van der Waals surface area contributed by atoms with Gasteiger partial charge in [-0.05, 0) is 17.7 Å². The molecular weight excluding hydrogens is 226 g/mol. The van der Waals surface area contributed by atoms with Crippen molar-refractivity contribution in [1.82, 2.24) is 0 Å². The van der Waals surface area contributed by atoms with Crippen LogP contribution < -0.4 is 5.32 Å². The number of esters is 1. The third-order valence-electron chi connectivity index (χ3n) is 2.65. The number of rotatable bonds is 4. The van der Waals surface area contributed by atoms with Crippen molar-refractivity contribution in [3.05, 3.63) is 66.2 Å². The monoisotopic (exact) mass is 241 g/mol. The van der Waals surface area contributed by atoms with E-state index in [-0.39, 0.29) is 5.97 Å². The van der Waals surface area contributed by atoms with Crippen LogP contribution in [-0.4, -0.2) is 13.1 Å². The molecule has 2 rings (SSSR count). The number of anilines is 1. The van der Waals surface area contributed by atoms with E-state index in [4.69, 9.17) is 4.74 Å². The van der Waals surface area contributed by atoms with Crippen LogP contribution in [0, 0.1) is 0 Å². The summed E-state index contributed by atoms with van der Waals surface area (Å²) in [6, 6.07) is 18.6. The van der Waals surface area contributed by atoms with Gasteiger partial charge in [0.05, 0.1) is 7.11 Å². The minimum Gasteiger partial charge on any atom is -0.467 e. The van der Waals surface area contributed by atoms with Crippen LogP contribution in [0.4, 0.5) is 5.69 Å². The van der Waals surface area contributed by atoms with Crippen LogP contribution in [0.15, 0.2) is 60.7 Å². The molecule has 0 unspecified atom stereocenters. The van der Waals surface area contributed by atoms with E-state index in [2.05, 4.69) is 5.32 Å². The standard InChI is InChI=1S/C15H15NO2/c1-18-15(17)14(12-8-4-2-5-9-12)16-13-10-6-3-7-11-13/h2-11,14,16H,1H3/t14-/m0/s1. The molecule has 0 spiro atoms. The van der Waals surface area contributed by atoms with E-state index in [1.165, 1.54) is 7.11 Å². The predicted octanol–water partition coefficient (Wildman–Crippen LogP) is 3.01. The van der Waals surface area contributed by atoms with E-state index >= 15 is 0 Å². The number of ether oxygens (including phenoxy) is 1. The van der Waals surface area contributed by atoms with Crippen molar-refractivity contribution in [2.45, 2.75) is 6.04 Å². The van der Waals surface area contributed by atoms with Crippen LogP contribution in [0.1, 0.15) is 11.6 Å². The zero-order valence-corrected chi connectivity index (χ0v) is 10.2. The lowest BCUT2D eigenvalue weighted by Crippen LogP contribution is -2.22. The maximum atomic E-state index is 11.8. The Labute approximate surface area is 106 Å². The molecule has 3 heteroatoms. The Morgan fingerprint density at radius 1 is 1.00 bits per heavy atom. The summed E-state index contributed by atoms with van der Waals surface area (Å²) in [5.41, 5.74) is 1.77. The Bertz CT molecular complexity index is 496. The first-order chi connectivity index (χ1) is 8.81. The molecule has 0 bridgehead atoms. The Balaban J connectivity index is 2.24. The zero-order valence-electron chi connectivity index (χ0n) is 10.2. The quantitative estimate of drug-likeness (QED) is 0.836. The lowest BCUT2D eigenvalue weighted by Gasteiger charge is -2.17. The zero-order chi connectivity index (χ0) is 12.8. The van der Waals surface area contributed by atoms with Crippen molar-refractivity contribution < 1.29 is 9.53 Å². The molecule has 0 aliphatic heterocycles. The summed E-state index contributed by atoms with van der Waals surface area (Å²) >= 11 is 0. The maximum Gasteiger partial charge on any atom is 0.332 e. The van der Waals surface area contributed by atoms with E-state index in [9.17, 15) is 4.79 Å². The summed E-state index contributed by atoms with van der Waals surface area (Å²) in [6.45, 7) is 0. The molecule has 0 heterocycles. The Hall–Kier alpha value is -2.29. The molecule has 1 atom stereocenters. The fourth-order valence-corrected chi connectivity index (χ4v) is 1.74. The number of methoxy groups -OCH3 is 1. The highest BCUT2D eigenvalue weighted by Gasteiger charge is 2.20. The topological polar surface area (TPSA) is 38.3 Å². The van der Waals surface area contributed by atoms with Crippen molar-refractivity contribution in [2.75, 3.05) is 12.4 Å². The van der Waals surface area contributed by atoms with Gasteiger partial charge in [0, 0.05) is 5.69 Å². The fraction of sp³-hybridized carbons (Fsp3) is 0.133. The van der Waals surface area contributed by atoms with Gasteiger partial charge in [-0.2, -0.15) is 0 Å². The van der Waals surface area contributed by atoms with Gasteiger partial charge in [-0.25, -0.2) is 4.79 Å². The number of carbonyl (C=O) groups is 1. The number of nitrogens with one attached hydrogen (secondary N) is 1. The van der Waals surface area contributed by atoms with Crippen LogP contribution in [0.5, 0.6) is 0 Å². The molecule has 1 N–H and O–H groups in total. The van der Waals surface area contributed by atoms with Gasteiger partial charge in [0.1, 0.15) is 0 Å². The SMILES string of the molecule is COC(=O)[C@@H](Nc1ccccc1)c1ccccc1. The normalized spacial score (nSPS) is 11.6. The highest BCUT2D eigenvalue weighted by atomic mass is 16.5. The van der Waals surface area contributed by atoms with Crippen molar-refractivity contribution >= 4 is 11.7 Å².